The van der Waals surface area contributed by atoms with Crippen LogP contribution < -0.4 is 0 Å². The van der Waals surface area contributed by atoms with Crippen molar-refractivity contribution in [2.45, 2.75) is 46.0 Å². The van der Waals surface area contributed by atoms with E-state index in [1.807, 2.05) is 18.5 Å². The van der Waals surface area contributed by atoms with Gasteiger partial charge in [-0.2, -0.15) is 0 Å². The number of hydrogen-bond acceptors (Lipinski definition) is 1. The first kappa shape index (κ1) is 18.9. The standard InChI is InChI=1S/C24H29N/c1-3-5-6-7-11-21(4-2)15-17-24(23-13-8-9-14-23)18-16-22-12-10-19-25-20-22/h4-7,10-12,15-20H,3,8-9,13-14H2,1-2H3/b6-5+,11-7-,17-15+,18-16+,21-4+. The highest BCUT2D eigenvalue weighted by Gasteiger charge is 2.09. The molecule has 0 amide bonds. The summed E-state index contributed by atoms with van der Waals surface area (Å²) < 4.78 is 0. The Hall–Kier alpha value is -2.41. The molecule has 0 saturated heterocycles. The lowest BCUT2D eigenvalue weighted by atomic mass is 10.0. The minimum absolute atomic E-state index is 1.07. The summed E-state index contributed by atoms with van der Waals surface area (Å²) in [6.45, 7) is 4.23. The van der Waals surface area contributed by atoms with Crippen molar-refractivity contribution in [2.24, 2.45) is 0 Å². The summed E-state index contributed by atoms with van der Waals surface area (Å²) in [7, 11) is 0. The van der Waals surface area contributed by atoms with Gasteiger partial charge >= 0.3 is 0 Å². The second kappa shape index (κ2) is 11.2. The summed E-state index contributed by atoms with van der Waals surface area (Å²) in [5, 5.41) is 0. The predicted octanol–water partition coefficient (Wildman–Crippen LogP) is 6.99. The molecule has 0 unspecified atom stereocenters. The van der Waals surface area contributed by atoms with Crippen LogP contribution in [0.25, 0.3) is 6.08 Å². The molecule has 1 aliphatic rings. The molecule has 1 fully saturated rings. The van der Waals surface area contributed by atoms with Crippen molar-refractivity contribution in [3.63, 3.8) is 0 Å². The van der Waals surface area contributed by atoms with Gasteiger partial charge in [-0.1, -0.05) is 73.2 Å². The molecule has 0 atom stereocenters. The Bertz CT molecular complexity index is 689. The van der Waals surface area contributed by atoms with Gasteiger partial charge in [0.05, 0.1) is 0 Å². The molecule has 0 N–H and O–H groups in total. The van der Waals surface area contributed by atoms with Gasteiger partial charge in [0.1, 0.15) is 0 Å². The van der Waals surface area contributed by atoms with Crippen LogP contribution in [0.2, 0.25) is 0 Å². The molecule has 1 heteroatoms. The maximum absolute atomic E-state index is 4.19. The lowest BCUT2D eigenvalue weighted by molar-refractivity contribution is 0.886. The zero-order valence-electron chi connectivity index (χ0n) is 15.5. The smallest absolute Gasteiger partial charge is 0.0340 e. The van der Waals surface area contributed by atoms with Gasteiger partial charge in [0.25, 0.3) is 0 Å². The molecule has 0 spiro atoms. The molecule has 0 radical (unpaired) electrons. The molecule has 1 aromatic heterocycles. The largest absolute Gasteiger partial charge is 0.264 e. The first-order valence-corrected chi connectivity index (χ1v) is 9.31. The van der Waals surface area contributed by atoms with Gasteiger partial charge in [-0.25, -0.2) is 0 Å². The molecule has 1 heterocycles. The molecule has 1 aromatic rings. The molecular weight excluding hydrogens is 302 g/mol. The molecule has 1 nitrogen and oxygen atoms in total. The molecule has 1 aliphatic carbocycles. The van der Waals surface area contributed by atoms with E-state index in [0.29, 0.717) is 0 Å². The van der Waals surface area contributed by atoms with Gasteiger partial charge in [-0.3, -0.25) is 4.98 Å². The van der Waals surface area contributed by atoms with Gasteiger partial charge in [-0.05, 0) is 61.8 Å². The minimum atomic E-state index is 1.07. The fourth-order valence-electron chi connectivity index (χ4n) is 2.86. The van der Waals surface area contributed by atoms with E-state index < -0.39 is 0 Å². The number of rotatable bonds is 7. The van der Waals surface area contributed by atoms with Crippen molar-refractivity contribution in [1.82, 2.24) is 4.98 Å². The Morgan fingerprint density at radius 1 is 1.08 bits per heavy atom. The van der Waals surface area contributed by atoms with Crippen LogP contribution in [0.4, 0.5) is 0 Å². The number of pyridine rings is 1. The first-order chi connectivity index (χ1) is 12.3. The van der Waals surface area contributed by atoms with E-state index in [1.54, 1.807) is 5.57 Å². The number of nitrogens with zero attached hydrogens (tertiary/aromatic N) is 1. The average molecular weight is 332 g/mol. The van der Waals surface area contributed by atoms with Crippen LogP contribution >= 0.6 is 0 Å². The van der Waals surface area contributed by atoms with Crippen molar-refractivity contribution in [2.75, 3.05) is 0 Å². The number of hydrogen-bond donors (Lipinski definition) is 0. The lowest BCUT2D eigenvalue weighted by Crippen LogP contribution is -1.83. The van der Waals surface area contributed by atoms with Crippen LogP contribution in [0.1, 0.15) is 51.5 Å². The van der Waals surface area contributed by atoms with Gasteiger partial charge in [0.15, 0.2) is 0 Å². The second-order valence-electron chi connectivity index (χ2n) is 6.20. The topological polar surface area (TPSA) is 12.9 Å². The highest BCUT2D eigenvalue weighted by Crippen LogP contribution is 2.28. The Balaban J connectivity index is 2.16. The van der Waals surface area contributed by atoms with Gasteiger partial charge in [0, 0.05) is 12.4 Å². The first-order valence-electron chi connectivity index (χ1n) is 9.31. The number of aromatic nitrogens is 1. The third kappa shape index (κ3) is 6.93. The Kier molecular flexibility index (Phi) is 8.48. The summed E-state index contributed by atoms with van der Waals surface area (Å²) >= 11 is 0. The molecule has 2 rings (SSSR count). The summed E-state index contributed by atoms with van der Waals surface area (Å²) in [5.74, 6) is 0. The quantitative estimate of drug-likeness (QED) is 0.491. The van der Waals surface area contributed by atoms with Crippen LogP contribution in [0.15, 0.2) is 89.9 Å². The minimum Gasteiger partial charge on any atom is -0.264 e. The molecule has 130 valence electrons. The fourth-order valence-corrected chi connectivity index (χ4v) is 2.86. The second-order valence-corrected chi connectivity index (χ2v) is 6.20. The van der Waals surface area contributed by atoms with E-state index in [4.69, 9.17) is 0 Å². The third-order valence-electron chi connectivity index (χ3n) is 4.32. The van der Waals surface area contributed by atoms with Crippen molar-refractivity contribution in [3.05, 3.63) is 95.4 Å². The Labute approximate surface area is 152 Å². The summed E-state index contributed by atoms with van der Waals surface area (Å²) in [6, 6.07) is 4.06. The zero-order chi connectivity index (χ0) is 17.7. The van der Waals surface area contributed by atoms with Crippen molar-refractivity contribution in [1.29, 1.82) is 0 Å². The van der Waals surface area contributed by atoms with E-state index in [1.165, 1.54) is 36.8 Å². The fraction of sp³-hybridized carbons (Fsp3) is 0.292. The monoisotopic (exact) mass is 331 g/mol. The highest BCUT2D eigenvalue weighted by molar-refractivity contribution is 5.55. The van der Waals surface area contributed by atoms with Crippen molar-refractivity contribution >= 4 is 6.08 Å². The van der Waals surface area contributed by atoms with Crippen molar-refractivity contribution < 1.29 is 0 Å². The Morgan fingerprint density at radius 2 is 1.92 bits per heavy atom. The van der Waals surface area contributed by atoms with Crippen molar-refractivity contribution in [3.8, 4) is 0 Å². The summed E-state index contributed by atoms with van der Waals surface area (Å²) in [5.41, 5.74) is 5.29. The highest BCUT2D eigenvalue weighted by atomic mass is 14.6. The third-order valence-corrected chi connectivity index (χ3v) is 4.32. The van der Waals surface area contributed by atoms with Crippen LogP contribution in [0, 0.1) is 0 Å². The van der Waals surface area contributed by atoms with Crippen LogP contribution in [-0.4, -0.2) is 4.98 Å². The maximum Gasteiger partial charge on any atom is 0.0340 e. The molecule has 0 aliphatic heterocycles. The predicted molar refractivity (Wildman–Crippen MR) is 110 cm³/mol. The molecule has 0 bridgehead atoms. The average Bonchev–Trinajstić information content (AvgIpc) is 3.18. The van der Waals surface area contributed by atoms with E-state index >= 15 is 0 Å². The van der Waals surface area contributed by atoms with Crippen LogP contribution in [0.5, 0.6) is 0 Å². The van der Waals surface area contributed by atoms with Gasteiger partial charge in [-0.15, -0.1) is 0 Å². The zero-order valence-corrected chi connectivity index (χ0v) is 15.5. The van der Waals surface area contributed by atoms with Crippen LogP contribution in [0.3, 0.4) is 0 Å². The number of allylic oxidation sites excluding steroid dienone is 11. The molecule has 1 saturated carbocycles. The van der Waals surface area contributed by atoms with Gasteiger partial charge in [0.2, 0.25) is 0 Å². The van der Waals surface area contributed by atoms with E-state index in [0.717, 1.165) is 12.0 Å². The molecular formula is C24H29N. The SMILES string of the molecule is C/C=C(\C=C/C=C/CC)/C=C/C(/C=C/c1cccnc1)=C1CCCC1. The summed E-state index contributed by atoms with van der Waals surface area (Å²) in [6.07, 6.45) is 29.4. The molecule has 25 heavy (non-hydrogen) atoms. The molecule has 0 aromatic carbocycles. The van der Waals surface area contributed by atoms with E-state index in [-0.39, 0.29) is 0 Å². The maximum atomic E-state index is 4.19. The summed E-state index contributed by atoms with van der Waals surface area (Å²) in [4.78, 5) is 4.19. The normalized spacial score (nSPS) is 16.2. The Morgan fingerprint density at radius 3 is 2.60 bits per heavy atom. The van der Waals surface area contributed by atoms with Crippen LogP contribution in [-0.2, 0) is 0 Å². The van der Waals surface area contributed by atoms with Gasteiger partial charge < -0.3 is 0 Å². The van der Waals surface area contributed by atoms with E-state index in [9.17, 15) is 0 Å². The lowest BCUT2D eigenvalue weighted by Gasteiger charge is -2.03. The van der Waals surface area contributed by atoms with E-state index in [2.05, 4.69) is 79.6 Å².